The Bertz CT molecular complexity index is 957. The predicted molar refractivity (Wildman–Crippen MR) is 113 cm³/mol. The molecule has 6 nitrogen and oxygen atoms in total. The van der Waals surface area contributed by atoms with Crippen molar-refractivity contribution in [2.24, 2.45) is 7.05 Å². The molecule has 2 aromatic heterocycles. The van der Waals surface area contributed by atoms with Crippen molar-refractivity contribution < 1.29 is 4.79 Å². The molecule has 2 heterocycles. The Morgan fingerprint density at radius 2 is 1.96 bits per heavy atom. The molecule has 0 radical (unpaired) electrons. The first-order valence-electron chi connectivity index (χ1n) is 9.17. The summed E-state index contributed by atoms with van der Waals surface area (Å²) in [5, 5.41) is 7.10. The van der Waals surface area contributed by atoms with Crippen molar-refractivity contribution in [2.75, 3.05) is 26.0 Å². The number of amides is 1. The molecule has 6 heteroatoms. The van der Waals surface area contributed by atoms with Crippen molar-refractivity contribution in [1.29, 1.82) is 0 Å². The van der Waals surface area contributed by atoms with Crippen LogP contribution in [0.2, 0.25) is 0 Å². The van der Waals surface area contributed by atoms with Crippen LogP contribution in [0.3, 0.4) is 0 Å². The largest absolute Gasteiger partial charge is 0.323 e. The van der Waals surface area contributed by atoms with Gasteiger partial charge in [-0.3, -0.25) is 14.5 Å². The van der Waals surface area contributed by atoms with E-state index in [2.05, 4.69) is 34.4 Å². The van der Waals surface area contributed by atoms with Crippen molar-refractivity contribution in [3.8, 4) is 11.1 Å². The molecule has 0 saturated heterocycles. The Balaban J connectivity index is 1.65. The van der Waals surface area contributed by atoms with E-state index in [-0.39, 0.29) is 5.91 Å². The molecule has 144 valence electrons. The highest BCUT2D eigenvalue weighted by Crippen LogP contribution is 2.23. The first-order valence-corrected chi connectivity index (χ1v) is 9.17. The fourth-order valence-electron chi connectivity index (χ4n) is 2.82. The van der Waals surface area contributed by atoms with Gasteiger partial charge in [0.15, 0.2) is 0 Å². The van der Waals surface area contributed by atoms with Crippen molar-refractivity contribution >= 4 is 17.7 Å². The summed E-state index contributed by atoms with van der Waals surface area (Å²) in [6.07, 6.45) is 11.5. The second kappa shape index (κ2) is 9.10. The van der Waals surface area contributed by atoms with Crippen LogP contribution in [0.4, 0.5) is 5.69 Å². The van der Waals surface area contributed by atoms with E-state index in [1.54, 1.807) is 29.3 Å². The summed E-state index contributed by atoms with van der Waals surface area (Å²) in [4.78, 5) is 18.6. The van der Waals surface area contributed by atoms with Gasteiger partial charge >= 0.3 is 0 Å². The van der Waals surface area contributed by atoms with Crippen LogP contribution in [-0.2, 0) is 18.3 Å². The van der Waals surface area contributed by atoms with Gasteiger partial charge in [-0.25, -0.2) is 0 Å². The van der Waals surface area contributed by atoms with Crippen LogP contribution >= 0.6 is 0 Å². The average Bonchev–Trinajstić information content (AvgIpc) is 3.12. The van der Waals surface area contributed by atoms with Gasteiger partial charge < -0.3 is 10.2 Å². The molecule has 0 bridgehead atoms. The Morgan fingerprint density at radius 1 is 1.18 bits per heavy atom. The van der Waals surface area contributed by atoms with E-state index in [0.29, 0.717) is 0 Å². The lowest BCUT2D eigenvalue weighted by Gasteiger charge is -2.09. The molecule has 0 spiro atoms. The third-order valence-electron chi connectivity index (χ3n) is 4.35. The van der Waals surface area contributed by atoms with Gasteiger partial charge in [-0.2, -0.15) is 5.10 Å². The first-order chi connectivity index (χ1) is 13.5. The minimum absolute atomic E-state index is 0.179. The van der Waals surface area contributed by atoms with Crippen molar-refractivity contribution in [1.82, 2.24) is 19.7 Å². The summed E-state index contributed by atoms with van der Waals surface area (Å²) in [5.74, 6) is -0.179. The van der Waals surface area contributed by atoms with E-state index in [0.717, 1.165) is 35.3 Å². The van der Waals surface area contributed by atoms with Gasteiger partial charge in [-0.15, -0.1) is 0 Å². The lowest BCUT2D eigenvalue weighted by molar-refractivity contribution is -0.111. The summed E-state index contributed by atoms with van der Waals surface area (Å²) < 4.78 is 1.75. The minimum Gasteiger partial charge on any atom is -0.323 e. The molecule has 28 heavy (non-hydrogen) atoms. The fraction of sp³-hybridized carbons (Fsp3) is 0.227. The third-order valence-corrected chi connectivity index (χ3v) is 4.35. The standard InChI is InChI=1S/C22H25N5O/c1-26(2)13-11-17-4-7-20(8-5-17)25-22(28)9-6-18-14-23-12-10-21(18)19-15-24-27(3)16-19/h4-10,12,14-16H,11,13H2,1-3H3,(H,25,28). The van der Waals surface area contributed by atoms with Gasteiger partial charge in [0.25, 0.3) is 0 Å². The maximum Gasteiger partial charge on any atom is 0.248 e. The Labute approximate surface area is 165 Å². The molecule has 3 aromatic rings. The average molecular weight is 375 g/mol. The quantitative estimate of drug-likeness (QED) is 0.644. The molecule has 0 saturated carbocycles. The van der Waals surface area contributed by atoms with E-state index in [9.17, 15) is 4.79 Å². The van der Waals surface area contributed by atoms with Gasteiger partial charge in [0.1, 0.15) is 0 Å². The van der Waals surface area contributed by atoms with Gasteiger partial charge in [-0.1, -0.05) is 12.1 Å². The monoisotopic (exact) mass is 375 g/mol. The normalized spacial score (nSPS) is 11.3. The molecule has 0 atom stereocenters. The van der Waals surface area contributed by atoms with Crippen LogP contribution in [0.5, 0.6) is 0 Å². The summed E-state index contributed by atoms with van der Waals surface area (Å²) in [5.41, 5.74) is 4.86. The first kappa shape index (κ1) is 19.5. The van der Waals surface area contributed by atoms with Crippen LogP contribution in [0.1, 0.15) is 11.1 Å². The number of nitrogens with zero attached hydrogens (tertiary/aromatic N) is 4. The Hall–Kier alpha value is -3.25. The number of carbonyl (C=O) groups excluding carboxylic acids is 1. The van der Waals surface area contributed by atoms with Crippen molar-refractivity contribution in [3.63, 3.8) is 0 Å². The van der Waals surface area contributed by atoms with E-state index < -0.39 is 0 Å². The van der Waals surface area contributed by atoms with Crippen LogP contribution < -0.4 is 5.32 Å². The van der Waals surface area contributed by atoms with Crippen LogP contribution in [0.25, 0.3) is 17.2 Å². The Kier molecular flexibility index (Phi) is 6.34. The number of likely N-dealkylation sites (N-methyl/N-ethyl adjacent to an activating group) is 1. The number of carbonyl (C=O) groups is 1. The van der Waals surface area contributed by atoms with Gasteiger partial charge in [0, 0.05) is 55.1 Å². The smallest absolute Gasteiger partial charge is 0.248 e. The lowest BCUT2D eigenvalue weighted by atomic mass is 10.0. The van der Waals surface area contributed by atoms with E-state index in [1.807, 2.05) is 43.6 Å². The summed E-state index contributed by atoms with van der Waals surface area (Å²) in [6.45, 7) is 0.999. The van der Waals surface area contributed by atoms with E-state index >= 15 is 0 Å². The number of hydrogen-bond acceptors (Lipinski definition) is 4. The SMILES string of the molecule is CN(C)CCc1ccc(NC(=O)C=Cc2cnccc2-c2cnn(C)c2)cc1. The van der Waals surface area contributed by atoms with Crippen LogP contribution in [0.15, 0.2) is 61.2 Å². The number of rotatable bonds is 7. The number of aryl methyl sites for hydroxylation is 1. The second-order valence-corrected chi connectivity index (χ2v) is 6.94. The Morgan fingerprint density at radius 3 is 2.64 bits per heavy atom. The molecule has 0 fully saturated rings. The second-order valence-electron chi connectivity index (χ2n) is 6.94. The fourth-order valence-corrected chi connectivity index (χ4v) is 2.82. The molecular weight excluding hydrogens is 350 g/mol. The van der Waals surface area contributed by atoms with Gasteiger partial charge in [0.2, 0.25) is 5.91 Å². The topological polar surface area (TPSA) is 63.1 Å². The zero-order chi connectivity index (χ0) is 19.9. The van der Waals surface area contributed by atoms with E-state index in [4.69, 9.17) is 0 Å². The number of benzene rings is 1. The molecule has 0 aliphatic rings. The third kappa shape index (κ3) is 5.37. The number of nitrogens with one attached hydrogen (secondary N) is 1. The molecule has 0 aliphatic heterocycles. The lowest BCUT2D eigenvalue weighted by Crippen LogP contribution is -2.15. The zero-order valence-electron chi connectivity index (χ0n) is 16.5. The van der Waals surface area contributed by atoms with Gasteiger partial charge in [-0.05, 0) is 55.9 Å². The van der Waals surface area contributed by atoms with Crippen LogP contribution in [-0.4, -0.2) is 46.2 Å². The summed E-state index contributed by atoms with van der Waals surface area (Å²) in [6, 6.07) is 9.87. The number of aromatic nitrogens is 3. The summed E-state index contributed by atoms with van der Waals surface area (Å²) in [7, 11) is 5.99. The molecule has 0 aliphatic carbocycles. The number of anilines is 1. The van der Waals surface area contributed by atoms with E-state index in [1.165, 1.54) is 11.6 Å². The molecular formula is C22H25N5O. The van der Waals surface area contributed by atoms with Crippen molar-refractivity contribution in [2.45, 2.75) is 6.42 Å². The molecule has 3 rings (SSSR count). The van der Waals surface area contributed by atoms with Crippen LogP contribution in [0, 0.1) is 0 Å². The molecule has 1 aromatic carbocycles. The highest BCUT2D eigenvalue weighted by Gasteiger charge is 2.06. The number of hydrogen-bond donors (Lipinski definition) is 1. The number of pyridine rings is 1. The van der Waals surface area contributed by atoms with Crippen molar-refractivity contribution in [3.05, 3.63) is 72.3 Å². The molecule has 0 unspecified atom stereocenters. The maximum atomic E-state index is 12.3. The zero-order valence-corrected chi connectivity index (χ0v) is 16.5. The van der Waals surface area contributed by atoms with Gasteiger partial charge in [0.05, 0.1) is 6.20 Å². The predicted octanol–water partition coefficient (Wildman–Crippen LogP) is 3.24. The highest BCUT2D eigenvalue weighted by atomic mass is 16.1. The highest BCUT2D eigenvalue weighted by molar-refractivity contribution is 6.02. The minimum atomic E-state index is -0.179. The summed E-state index contributed by atoms with van der Waals surface area (Å²) >= 11 is 0. The molecule has 1 amide bonds. The maximum absolute atomic E-state index is 12.3. The molecule has 1 N–H and O–H groups in total.